The van der Waals surface area contributed by atoms with Gasteiger partial charge in [0, 0.05) is 9.80 Å². The van der Waals surface area contributed by atoms with Crippen LogP contribution >= 0.6 is 31.9 Å². The molecule has 3 atom stereocenters. The van der Waals surface area contributed by atoms with E-state index in [1.807, 2.05) is 0 Å². The SMILES string of the molecule is BrCC(c1cccc(Br)c1)C1CC1c1ccccc1. The topological polar surface area (TPSA) is 0 Å². The van der Waals surface area contributed by atoms with E-state index in [-0.39, 0.29) is 0 Å². The fourth-order valence-corrected chi connectivity index (χ4v) is 4.20. The quantitative estimate of drug-likeness (QED) is 0.595. The molecule has 0 aromatic heterocycles. The summed E-state index contributed by atoms with van der Waals surface area (Å²) in [5.41, 5.74) is 2.93. The third kappa shape index (κ3) is 2.95. The van der Waals surface area contributed by atoms with Gasteiger partial charge in [-0.15, -0.1) is 0 Å². The monoisotopic (exact) mass is 378 g/mol. The predicted octanol–water partition coefficient (Wildman–Crippen LogP) is 5.73. The van der Waals surface area contributed by atoms with E-state index in [1.54, 1.807) is 0 Å². The van der Waals surface area contributed by atoms with Crippen molar-refractivity contribution in [1.29, 1.82) is 0 Å². The van der Waals surface area contributed by atoms with Crippen LogP contribution in [0.3, 0.4) is 0 Å². The molecule has 19 heavy (non-hydrogen) atoms. The lowest BCUT2D eigenvalue weighted by Crippen LogP contribution is -2.04. The van der Waals surface area contributed by atoms with Crippen LogP contribution in [-0.2, 0) is 0 Å². The number of benzene rings is 2. The minimum absolute atomic E-state index is 0.614. The molecule has 0 bridgehead atoms. The molecule has 2 heteroatoms. The van der Waals surface area contributed by atoms with Crippen LogP contribution in [-0.4, -0.2) is 5.33 Å². The van der Waals surface area contributed by atoms with Crippen LogP contribution in [0.25, 0.3) is 0 Å². The summed E-state index contributed by atoms with van der Waals surface area (Å²) < 4.78 is 1.17. The van der Waals surface area contributed by atoms with Gasteiger partial charge in [-0.25, -0.2) is 0 Å². The van der Waals surface area contributed by atoms with Crippen LogP contribution < -0.4 is 0 Å². The average molecular weight is 380 g/mol. The van der Waals surface area contributed by atoms with Crippen molar-refractivity contribution < 1.29 is 0 Å². The molecule has 0 aliphatic heterocycles. The molecule has 3 unspecified atom stereocenters. The van der Waals surface area contributed by atoms with Crippen LogP contribution in [0.5, 0.6) is 0 Å². The highest BCUT2D eigenvalue weighted by Crippen LogP contribution is 2.55. The smallest absolute Gasteiger partial charge is 0.0178 e. The van der Waals surface area contributed by atoms with Gasteiger partial charge in [0.25, 0.3) is 0 Å². The molecule has 2 aromatic rings. The standard InChI is InChI=1S/C17H16Br2/c18-11-17(13-7-4-8-14(19)9-13)16-10-15(16)12-5-2-1-3-6-12/h1-9,15-17H,10-11H2. The molecular weight excluding hydrogens is 364 g/mol. The van der Waals surface area contributed by atoms with Crippen molar-refractivity contribution in [2.24, 2.45) is 5.92 Å². The summed E-state index contributed by atoms with van der Waals surface area (Å²) in [4.78, 5) is 0. The van der Waals surface area contributed by atoms with Gasteiger partial charge < -0.3 is 0 Å². The van der Waals surface area contributed by atoms with E-state index in [0.29, 0.717) is 5.92 Å². The normalized spacial score (nSPS) is 23.1. The van der Waals surface area contributed by atoms with Gasteiger partial charge in [-0.2, -0.15) is 0 Å². The Hall–Kier alpha value is -0.600. The first kappa shape index (κ1) is 13.4. The molecule has 2 aromatic carbocycles. The molecule has 98 valence electrons. The molecule has 0 saturated heterocycles. The van der Waals surface area contributed by atoms with Gasteiger partial charge in [-0.05, 0) is 47.4 Å². The summed E-state index contributed by atoms with van der Waals surface area (Å²) in [5, 5.41) is 1.04. The molecule has 1 saturated carbocycles. The lowest BCUT2D eigenvalue weighted by molar-refractivity contribution is 0.656. The van der Waals surface area contributed by atoms with E-state index in [4.69, 9.17) is 0 Å². The number of halogens is 2. The first-order valence-electron chi connectivity index (χ1n) is 6.66. The van der Waals surface area contributed by atoms with Gasteiger partial charge in [-0.1, -0.05) is 74.3 Å². The highest BCUT2D eigenvalue weighted by Gasteiger charge is 2.43. The van der Waals surface area contributed by atoms with Crippen LogP contribution in [0, 0.1) is 5.92 Å². The largest absolute Gasteiger partial charge is 0.0921 e. The van der Waals surface area contributed by atoms with E-state index in [1.165, 1.54) is 22.0 Å². The second-order valence-electron chi connectivity index (χ2n) is 5.23. The van der Waals surface area contributed by atoms with Crippen molar-refractivity contribution >= 4 is 31.9 Å². The third-order valence-corrected chi connectivity index (χ3v) is 5.22. The number of hydrogen-bond acceptors (Lipinski definition) is 0. The number of alkyl halides is 1. The maximum atomic E-state index is 3.70. The molecule has 3 rings (SSSR count). The minimum atomic E-state index is 0.614. The zero-order valence-corrected chi connectivity index (χ0v) is 13.8. The van der Waals surface area contributed by atoms with Gasteiger partial charge in [0.05, 0.1) is 0 Å². The lowest BCUT2D eigenvalue weighted by Gasteiger charge is -2.15. The Morgan fingerprint density at radius 3 is 2.53 bits per heavy atom. The van der Waals surface area contributed by atoms with E-state index in [2.05, 4.69) is 86.5 Å². The molecular formula is C17H16Br2. The highest BCUT2D eigenvalue weighted by atomic mass is 79.9. The van der Waals surface area contributed by atoms with Gasteiger partial charge in [-0.3, -0.25) is 0 Å². The molecule has 1 aliphatic carbocycles. The van der Waals surface area contributed by atoms with E-state index >= 15 is 0 Å². The van der Waals surface area contributed by atoms with E-state index in [9.17, 15) is 0 Å². The predicted molar refractivity (Wildman–Crippen MR) is 88.0 cm³/mol. The summed E-state index contributed by atoms with van der Waals surface area (Å²) >= 11 is 7.28. The Bertz CT molecular complexity index is 550. The summed E-state index contributed by atoms with van der Waals surface area (Å²) in [6, 6.07) is 19.6. The zero-order valence-electron chi connectivity index (χ0n) is 10.6. The maximum absolute atomic E-state index is 3.70. The van der Waals surface area contributed by atoms with Crippen molar-refractivity contribution in [3.8, 4) is 0 Å². The fourth-order valence-electron chi connectivity index (χ4n) is 2.93. The second-order valence-corrected chi connectivity index (χ2v) is 6.80. The number of rotatable bonds is 4. The zero-order chi connectivity index (χ0) is 13.2. The molecule has 1 aliphatic rings. The molecule has 0 radical (unpaired) electrons. The van der Waals surface area contributed by atoms with Gasteiger partial charge in [0.2, 0.25) is 0 Å². The van der Waals surface area contributed by atoms with E-state index in [0.717, 1.165) is 17.2 Å². The van der Waals surface area contributed by atoms with Crippen LogP contribution in [0.1, 0.15) is 29.4 Å². The molecule has 0 nitrogen and oxygen atoms in total. The Morgan fingerprint density at radius 2 is 1.84 bits per heavy atom. The Balaban J connectivity index is 1.79. The molecule has 0 amide bonds. The van der Waals surface area contributed by atoms with Gasteiger partial charge in [0.15, 0.2) is 0 Å². The van der Waals surface area contributed by atoms with Crippen molar-refractivity contribution in [2.75, 3.05) is 5.33 Å². The Labute approximate surface area is 131 Å². The van der Waals surface area contributed by atoms with Gasteiger partial charge >= 0.3 is 0 Å². The maximum Gasteiger partial charge on any atom is 0.0178 e. The molecule has 0 N–H and O–H groups in total. The van der Waals surface area contributed by atoms with Crippen molar-refractivity contribution in [2.45, 2.75) is 18.3 Å². The van der Waals surface area contributed by atoms with Crippen LogP contribution in [0.2, 0.25) is 0 Å². The first-order chi connectivity index (χ1) is 9.29. The second kappa shape index (κ2) is 5.80. The third-order valence-electron chi connectivity index (χ3n) is 4.03. The minimum Gasteiger partial charge on any atom is -0.0921 e. The molecule has 0 heterocycles. The summed E-state index contributed by atoms with van der Waals surface area (Å²) in [6.45, 7) is 0. The summed E-state index contributed by atoms with van der Waals surface area (Å²) in [6.07, 6.45) is 1.31. The van der Waals surface area contributed by atoms with E-state index < -0.39 is 0 Å². The molecule has 1 fully saturated rings. The van der Waals surface area contributed by atoms with Crippen LogP contribution in [0.4, 0.5) is 0 Å². The first-order valence-corrected chi connectivity index (χ1v) is 8.57. The van der Waals surface area contributed by atoms with Crippen molar-refractivity contribution in [3.05, 3.63) is 70.2 Å². The lowest BCUT2D eigenvalue weighted by atomic mass is 9.93. The average Bonchev–Trinajstić information content (AvgIpc) is 3.21. The van der Waals surface area contributed by atoms with Gasteiger partial charge in [0.1, 0.15) is 0 Å². The Morgan fingerprint density at radius 1 is 1.05 bits per heavy atom. The Kier molecular flexibility index (Phi) is 4.09. The summed E-state index contributed by atoms with van der Waals surface area (Å²) in [7, 11) is 0. The molecule has 0 spiro atoms. The number of hydrogen-bond donors (Lipinski definition) is 0. The fraction of sp³-hybridized carbons (Fsp3) is 0.294. The summed E-state index contributed by atoms with van der Waals surface area (Å²) in [5.74, 6) is 2.13. The highest BCUT2D eigenvalue weighted by molar-refractivity contribution is 9.10. The van der Waals surface area contributed by atoms with Crippen LogP contribution in [0.15, 0.2) is 59.1 Å². The van der Waals surface area contributed by atoms with Crippen molar-refractivity contribution in [1.82, 2.24) is 0 Å². The van der Waals surface area contributed by atoms with Crippen molar-refractivity contribution in [3.63, 3.8) is 0 Å².